The lowest BCUT2D eigenvalue weighted by atomic mass is 10.1. The molecule has 1 aliphatic heterocycles. The summed E-state index contributed by atoms with van der Waals surface area (Å²) in [6.07, 6.45) is 4.38. The van der Waals surface area contributed by atoms with Crippen molar-refractivity contribution < 1.29 is 4.74 Å². The summed E-state index contributed by atoms with van der Waals surface area (Å²) in [6, 6.07) is 12.2. The Labute approximate surface area is 145 Å². The highest BCUT2D eigenvalue weighted by atomic mass is 32.1. The highest BCUT2D eigenvalue weighted by Gasteiger charge is 2.15. The van der Waals surface area contributed by atoms with Gasteiger partial charge in [0.05, 0.1) is 12.8 Å². The second-order valence-corrected chi connectivity index (χ2v) is 6.69. The molecule has 5 heteroatoms. The number of methoxy groups -OCH3 is 1. The van der Waals surface area contributed by atoms with Gasteiger partial charge in [-0.05, 0) is 37.1 Å². The van der Waals surface area contributed by atoms with Crippen molar-refractivity contribution in [2.24, 2.45) is 0 Å². The average Bonchev–Trinajstić information content (AvgIpc) is 3.34. The van der Waals surface area contributed by atoms with Crippen molar-refractivity contribution in [2.75, 3.05) is 25.1 Å². The summed E-state index contributed by atoms with van der Waals surface area (Å²) in [4.78, 5) is 11.7. The molecule has 0 amide bonds. The van der Waals surface area contributed by atoms with Crippen molar-refractivity contribution >= 4 is 17.2 Å². The smallest absolute Gasteiger partial charge is 0.129 e. The van der Waals surface area contributed by atoms with Crippen molar-refractivity contribution in [3.63, 3.8) is 0 Å². The first-order valence-corrected chi connectivity index (χ1v) is 9.03. The lowest BCUT2D eigenvalue weighted by molar-refractivity contribution is 0.416. The third-order valence-corrected chi connectivity index (χ3v) is 5.20. The van der Waals surface area contributed by atoms with Gasteiger partial charge >= 0.3 is 0 Å². The predicted octanol–water partition coefficient (Wildman–Crippen LogP) is 4.48. The van der Waals surface area contributed by atoms with E-state index in [1.807, 2.05) is 36.5 Å². The van der Waals surface area contributed by atoms with Gasteiger partial charge in [-0.3, -0.25) is 0 Å². The van der Waals surface area contributed by atoms with Crippen LogP contribution in [0.1, 0.15) is 12.8 Å². The van der Waals surface area contributed by atoms with E-state index in [2.05, 4.69) is 21.3 Å². The van der Waals surface area contributed by atoms with Crippen LogP contribution in [0.5, 0.6) is 5.75 Å². The van der Waals surface area contributed by atoms with E-state index in [1.165, 1.54) is 12.8 Å². The number of benzene rings is 1. The summed E-state index contributed by atoms with van der Waals surface area (Å²) >= 11 is 1.65. The quantitative estimate of drug-likeness (QED) is 0.703. The number of rotatable bonds is 4. The molecule has 3 aromatic rings. The summed E-state index contributed by atoms with van der Waals surface area (Å²) < 4.78 is 5.45. The highest BCUT2D eigenvalue weighted by molar-refractivity contribution is 7.13. The fraction of sp³-hybridized carbons (Fsp3) is 0.263. The minimum atomic E-state index is 0.849. The zero-order valence-corrected chi connectivity index (χ0v) is 14.4. The monoisotopic (exact) mass is 337 g/mol. The zero-order chi connectivity index (χ0) is 16.4. The SMILES string of the molecule is COc1ccccc1-c1csc(-c2ccnc(N3CCCC3)c2)n1. The van der Waals surface area contributed by atoms with Crippen LogP contribution in [0.3, 0.4) is 0 Å². The number of hydrogen-bond donors (Lipinski definition) is 0. The van der Waals surface area contributed by atoms with E-state index in [4.69, 9.17) is 9.72 Å². The van der Waals surface area contributed by atoms with E-state index in [9.17, 15) is 0 Å². The molecule has 1 aromatic carbocycles. The molecule has 1 saturated heterocycles. The fourth-order valence-corrected chi connectivity index (χ4v) is 3.87. The molecule has 1 aliphatic rings. The Hall–Kier alpha value is -2.40. The van der Waals surface area contributed by atoms with Crippen molar-refractivity contribution in [2.45, 2.75) is 12.8 Å². The largest absolute Gasteiger partial charge is 0.496 e. The van der Waals surface area contributed by atoms with E-state index in [1.54, 1.807) is 18.4 Å². The molecule has 0 radical (unpaired) electrons. The number of ether oxygens (including phenoxy) is 1. The maximum absolute atomic E-state index is 5.45. The molecule has 0 atom stereocenters. The molecule has 0 saturated carbocycles. The van der Waals surface area contributed by atoms with E-state index in [0.29, 0.717) is 0 Å². The zero-order valence-electron chi connectivity index (χ0n) is 13.6. The minimum absolute atomic E-state index is 0.849. The summed E-state index contributed by atoms with van der Waals surface area (Å²) in [5, 5.41) is 3.10. The van der Waals surface area contributed by atoms with Crippen LogP contribution < -0.4 is 9.64 Å². The Bertz CT molecular complexity index is 840. The molecule has 4 nitrogen and oxygen atoms in total. The molecule has 0 bridgehead atoms. The standard InChI is InChI=1S/C19H19N3OS/c1-23-17-7-3-2-6-15(17)16-13-24-19(21-16)14-8-9-20-18(12-14)22-10-4-5-11-22/h2-3,6-9,12-13H,4-5,10-11H2,1H3. The van der Waals surface area contributed by atoms with Gasteiger partial charge in [-0.2, -0.15) is 0 Å². The van der Waals surface area contributed by atoms with Crippen LogP contribution in [0.2, 0.25) is 0 Å². The Morgan fingerprint density at radius 3 is 2.79 bits per heavy atom. The first-order valence-electron chi connectivity index (χ1n) is 8.15. The van der Waals surface area contributed by atoms with E-state index < -0.39 is 0 Å². The fourth-order valence-electron chi connectivity index (χ4n) is 3.06. The Morgan fingerprint density at radius 2 is 1.96 bits per heavy atom. The van der Waals surface area contributed by atoms with Crippen LogP contribution >= 0.6 is 11.3 Å². The minimum Gasteiger partial charge on any atom is -0.496 e. The molecule has 4 rings (SSSR count). The average molecular weight is 337 g/mol. The van der Waals surface area contributed by atoms with Gasteiger partial charge < -0.3 is 9.64 Å². The number of nitrogens with zero attached hydrogens (tertiary/aromatic N) is 3. The van der Waals surface area contributed by atoms with Crippen molar-refractivity contribution in [3.05, 3.63) is 48.0 Å². The van der Waals surface area contributed by atoms with E-state index >= 15 is 0 Å². The van der Waals surface area contributed by atoms with Crippen LogP contribution in [0.25, 0.3) is 21.8 Å². The maximum Gasteiger partial charge on any atom is 0.129 e. The molecule has 0 aliphatic carbocycles. The molecule has 0 spiro atoms. The molecule has 24 heavy (non-hydrogen) atoms. The van der Waals surface area contributed by atoms with Gasteiger partial charge in [-0.15, -0.1) is 11.3 Å². The van der Waals surface area contributed by atoms with Crippen molar-refractivity contribution in [3.8, 4) is 27.6 Å². The molecule has 1 fully saturated rings. The van der Waals surface area contributed by atoms with Gasteiger partial charge in [0.25, 0.3) is 0 Å². The number of thiazole rings is 1. The van der Waals surface area contributed by atoms with Gasteiger partial charge in [-0.1, -0.05) is 12.1 Å². The number of pyridine rings is 1. The molecule has 122 valence electrons. The molecular weight excluding hydrogens is 318 g/mol. The Balaban J connectivity index is 1.66. The highest BCUT2D eigenvalue weighted by Crippen LogP contribution is 2.34. The third-order valence-electron chi connectivity index (χ3n) is 4.31. The van der Waals surface area contributed by atoms with Crippen LogP contribution in [-0.2, 0) is 0 Å². The topological polar surface area (TPSA) is 38.2 Å². The number of aromatic nitrogens is 2. The lowest BCUT2D eigenvalue weighted by Gasteiger charge is -2.16. The summed E-state index contributed by atoms with van der Waals surface area (Å²) in [7, 11) is 1.69. The van der Waals surface area contributed by atoms with Gasteiger partial charge in [0.1, 0.15) is 16.6 Å². The third kappa shape index (κ3) is 2.87. The van der Waals surface area contributed by atoms with E-state index in [-0.39, 0.29) is 0 Å². The molecular formula is C19H19N3OS. The van der Waals surface area contributed by atoms with Gasteiger partial charge in [-0.25, -0.2) is 9.97 Å². The van der Waals surface area contributed by atoms with Crippen molar-refractivity contribution in [1.82, 2.24) is 9.97 Å². The first-order chi connectivity index (χ1) is 11.8. The van der Waals surface area contributed by atoms with Crippen LogP contribution in [0, 0.1) is 0 Å². The molecule has 3 heterocycles. The summed E-state index contributed by atoms with van der Waals surface area (Å²) in [6.45, 7) is 2.20. The Morgan fingerprint density at radius 1 is 1.12 bits per heavy atom. The molecule has 2 aromatic heterocycles. The van der Waals surface area contributed by atoms with Crippen LogP contribution in [-0.4, -0.2) is 30.2 Å². The number of para-hydroxylation sites is 1. The van der Waals surface area contributed by atoms with Crippen molar-refractivity contribution in [1.29, 1.82) is 0 Å². The normalized spacial score (nSPS) is 14.1. The lowest BCUT2D eigenvalue weighted by Crippen LogP contribution is -2.18. The molecule has 0 N–H and O–H groups in total. The second-order valence-electron chi connectivity index (χ2n) is 5.84. The first kappa shape index (κ1) is 15.1. The summed E-state index contributed by atoms with van der Waals surface area (Å²) in [5.74, 6) is 1.90. The van der Waals surface area contributed by atoms with Gasteiger partial charge in [0.15, 0.2) is 0 Å². The van der Waals surface area contributed by atoms with Crippen LogP contribution in [0.15, 0.2) is 48.0 Å². The second kappa shape index (κ2) is 6.61. The van der Waals surface area contributed by atoms with Gasteiger partial charge in [0, 0.05) is 35.8 Å². The molecule has 0 unspecified atom stereocenters. The van der Waals surface area contributed by atoms with Crippen LogP contribution in [0.4, 0.5) is 5.82 Å². The number of hydrogen-bond acceptors (Lipinski definition) is 5. The number of anilines is 1. The van der Waals surface area contributed by atoms with E-state index in [0.717, 1.165) is 46.5 Å². The Kier molecular flexibility index (Phi) is 4.17. The van der Waals surface area contributed by atoms with Gasteiger partial charge in [0.2, 0.25) is 0 Å². The maximum atomic E-state index is 5.45. The predicted molar refractivity (Wildman–Crippen MR) is 98.8 cm³/mol. The summed E-state index contributed by atoms with van der Waals surface area (Å²) in [5.41, 5.74) is 3.10.